The first-order valence-corrected chi connectivity index (χ1v) is 6.96. The smallest absolute Gasteiger partial charge is 0.0169 e. The Kier molecular flexibility index (Phi) is 10.2. The third kappa shape index (κ3) is 7.99. The van der Waals surface area contributed by atoms with E-state index in [1.807, 2.05) is 27.7 Å². The van der Waals surface area contributed by atoms with Crippen LogP contribution < -0.4 is 0 Å². The van der Waals surface area contributed by atoms with Crippen LogP contribution in [0.25, 0.3) is 0 Å². The summed E-state index contributed by atoms with van der Waals surface area (Å²) in [5.74, 6) is 10.7. The first-order chi connectivity index (χ1) is 5.21. The van der Waals surface area contributed by atoms with Gasteiger partial charge < -0.3 is 0 Å². The molecule has 1 fully saturated rings. The minimum absolute atomic E-state index is 0.546. The molecule has 0 nitrogen and oxygen atoms in total. The standard InChI is InChI=1S/C6H12S.2C2H6/c1-7(2)5-3-4-6-7;2*1-2/h1-6H2;2*1-2H3. The molecule has 0 aromatic carbocycles. The monoisotopic (exact) mass is 176 g/mol. The molecule has 0 N–H and O–H groups in total. The lowest BCUT2D eigenvalue weighted by molar-refractivity contribution is 0.949. The van der Waals surface area contributed by atoms with E-state index >= 15 is 0 Å². The molecule has 0 bridgehead atoms. The zero-order valence-corrected chi connectivity index (χ0v) is 9.47. The van der Waals surface area contributed by atoms with Crippen LogP contribution in [-0.2, 0) is 0 Å². The van der Waals surface area contributed by atoms with Crippen molar-refractivity contribution in [3.8, 4) is 0 Å². The van der Waals surface area contributed by atoms with Crippen LogP contribution in [0.15, 0.2) is 0 Å². The van der Waals surface area contributed by atoms with Crippen LogP contribution in [0.5, 0.6) is 0 Å². The maximum absolute atomic E-state index is 4.04. The Morgan fingerprint density at radius 3 is 1.18 bits per heavy atom. The molecule has 0 aromatic heterocycles. The summed E-state index contributed by atoms with van der Waals surface area (Å²) in [5.41, 5.74) is 0. The highest BCUT2D eigenvalue weighted by Gasteiger charge is 2.04. The summed E-state index contributed by atoms with van der Waals surface area (Å²) in [6, 6.07) is 0. The van der Waals surface area contributed by atoms with E-state index in [4.69, 9.17) is 0 Å². The first kappa shape index (κ1) is 13.7. The van der Waals surface area contributed by atoms with Gasteiger partial charge in [0.25, 0.3) is 0 Å². The van der Waals surface area contributed by atoms with Gasteiger partial charge in [0.05, 0.1) is 0 Å². The van der Waals surface area contributed by atoms with E-state index in [0.29, 0.717) is 0 Å². The molecule has 1 aliphatic heterocycles. The molecule has 1 saturated heterocycles. The van der Waals surface area contributed by atoms with Crippen molar-refractivity contribution < 1.29 is 0 Å². The van der Waals surface area contributed by atoms with E-state index in [1.54, 1.807) is 0 Å². The fraction of sp³-hybridized carbons (Fsp3) is 0.800. The first-order valence-electron chi connectivity index (χ1n) is 4.65. The van der Waals surface area contributed by atoms with Crippen molar-refractivity contribution >= 4 is 20.9 Å². The van der Waals surface area contributed by atoms with Gasteiger partial charge in [-0.2, -0.15) is 0 Å². The molecule has 0 saturated carbocycles. The Morgan fingerprint density at radius 2 is 1.09 bits per heavy atom. The maximum atomic E-state index is 4.04. The molecular weight excluding hydrogens is 152 g/mol. The summed E-state index contributed by atoms with van der Waals surface area (Å²) in [5, 5.41) is 0. The molecule has 0 amide bonds. The second-order valence-electron chi connectivity index (χ2n) is 2.34. The van der Waals surface area contributed by atoms with Crippen LogP contribution in [0.4, 0.5) is 0 Å². The van der Waals surface area contributed by atoms with Gasteiger partial charge in [0.15, 0.2) is 0 Å². The highest BCUT2D eigenvalue weighted by atomic mass is 32.2. The second-order valence-corrected chi connectivity index (χ2v) is 5.61. The molecule has 0 aromatic rings. The van der Waals surface area contributed by atoms with E-state index < -0.39 is 9.21 Å². The normalized spacial score (nSPS) is 18.9. The van der Waals surface area contributed by atoms with Crippen molar-refractivity contribution in [1.29, 1.82) is 0 Å². The topological polar surface area (TPSA) is 0 Å². The molecule has 1 aliphatic rings. The maximum Gasteiger partial charge on any atom is -0.0169 e. The lowest BCUT2D eigenvalue weighted by atomic mass is 10.4. The quantitative estimate of drug-likeness (QED) is 0.496. The van der Waals surface area contributed by atoms with Gasteiger partial charge in [0.2, 0.25) is 0 Å². The lowest BCUT2D eigenvalue weighted by Crippen LogP contribution is -1.73. The number of rotatable bonds is 0. The van der Waals surface area contributed by atoms with E-state index in [-0.39, 0.29) is 0 Å². The van der Waals surface area contributed by atoms with Gasteiger partial charge in [-0.1, -0.05) is 39.4 Å². The van der Waals surface area contributed by atoms with Crippen LogP contribution >= 0.6 is 9.21 Å². The van der Waals surface area contributed by atoms with Gasteiger partial charge in [-0.3, -0.25) is 0 Å². The lowest BCUT2D eigenvalue weighted by Gasteiger charge is -1.98. The van der Waals surface area contributed by atoms with Gasteiger partial charge in [0.1, 0.15) is 0 Å². The third-order valence-electron chi connectivity index (χ3n) is 1.40. The summed E-state index contributed by atoms with van der Waals surface area (Å²) >= 11 is 0. The summed E-state index contributed by atoms with van der Waals surface area (Å²) in [6.45, 7) is 8.00. The molecular formula is C10H24S. The largest absolute Gasteiger partial charge is 0.214 e. The average Bonchev–Trinajstić information content (AvgIpc) is 2.43. The second kappa shape index (κ2) is 8.19. The minimum Gasteiger partial charge on any atom is -0.214 e. The van der Waals surface area contributed by atoms with Gasteiger partial charge in [-0.25, -0.2) is 9.21 Å². The molecule has 1 heterocycles. The Labute approximate surface area is 73.5 Å². The van der Waals surface area contributed by atoms with Crippen molar-refractivity contribution in [2.75, 3.05) is 11.5 Å². The van der Waals surface area contributed by atoms with E-state index in [2.05, 4.69) is 11.7 Å². The van der Waals surface area contributed by atoms with Crippen LogP contribution in [0, 0.1) is 0 Å². The van der Waals surface area contributed by atoms with Crippen LogP contribution in [0.3, 0.4) is 0 Å². The molecule has 11 heavy (non-hydrogen) atoms. The number of hydrogen-bond donors (Lipinski definition) is 0. The SMILES string of the molecule is C=S1(=C)CCCC1.CC.CC. The molecule has 70 valence electrons. The van der Waals surface area contributed by atoms with Crippen molar-refractivity contribution in [1.82, 2.24) is 0 Å². The Hall–Kier alpha value is 0.0900. The van der Waals surface area contributed by atoms with Gasteiger partial charge >= 0.3 is 0 Å². The number of hydrogen-bond acceptors (Lipinski definition) is 0. The summed E-state index contributed by atoms with van der Waals surface area (Å²) in [7, 11) is -0.546. The molecule has 0 atom stereocenters. The minimum atomic E-state index is -0.546. The molecule has 0 unspecified atom stereocenters. The zero-order valence-electron chi connectivity index (χ0n) is 8.65. The Morgan fingerprint density at radius 1 is 0.818 bits per heavy atom. The summed E-state index contributed by atoms with van der Waals surface area (Å²) in [6.07, 6.45) is 2.75. The predicted octanol–water partition coefficient (Wildman–Crippen LogP) is 3.50. The average molecular weight is 176 g/mol. The highest BCUT2D eigenvalue weighted by Crippen LogP contribution is 2.29. The van der Waals surface area contributed by atoms with Gasteiger partial charge in [0, 0.05) is 0 Å². The molecule has 0 aliphatic carbocycles. The van der Waals surface area contributed by atoms with Crippen molar-refractivity contribution in [3.63, 3.8) is 0 Å². The van der Waals surface area contributed by atoms with Crippen molar-refractivity contribution in [2.24, 2.45) is 0 Å². The molecule has 1 heteroatoms. The highest BCUT2D eigenvalue weighted by molar-refractivity contribution is 8.27. The summed E-state index contributed by atoms with van der Waals surface area (Å²) in [4.78, 5) is 0. The van der Waals surface area contributed by atoms with Crippen molar-refractivity contribution in [2.45, 2.75) is 40.5 Å². The van der Waals surface area contributed by atoms with E-state index in [9.17, 15) is 0 Å². The molecule has 0 spiro atoms. The zero-order chi connectivity index (χ0) is 9.33. The van der Waals surface area contributed by atoms with Crippen LogP contribution in [0.1, 0.15) is 40.5 Å². The third-order valence-corrected chi connectivity index (χ3v) is 3.71. The molecule has 0 radical (unpaired) electrons. The summed E-state index contributed by atoms with van der Waals surface area (Å²) < 4.78 is 0. The van der Waals surface area contributed by atoms with Gasteiger partial charge in [-0.15, -0.1) is 0 Å². The van der Waals surface area contributed by atoms with E-state index in [1.165, 1.54) is 24.3 Å². The van der Waals surface area contributed by atoms with Crippen LogP contribution in [-0.4, -0.2) is 23.2 Å². The van der Waals surface area contributed by atoms with E-state index in [0.717, 1.165) is 0 Å². The Balaban J connectivity index is 0. The Bertz CT molecular complexity index is 128. The van der Waals surface area contributed by atoms with Crippen LogP contribution in [0.2, 0.25) is 0 Å². The fourth-order valence-corrected chi connectivity index (χ4v) is 2.76. The van der Waals surface area contributed by atoms with Crippen molar-refractivity contribution in [3.05, 3.63) is 0 Å². The predicted molar refractivity (Wildman–Crippen MR) is 63.5 cm³/mol. The van der Waals surface area contributed by atoms with Gasteiger partial charge in [-0.05, 0) is 24.3 Å². The fourth-order valence-electron chi connectivity index (χ4n) is 0.919. The molecule has 1 rings (SSSR count).